The fraction of sp³-hybridized carbons (Fsp3) is 0.583. The van der Waals surface area contributed by atoms with E-state index >= 15 is 0 Å². The van der Waals surface area contributed by atoms with Crippen molar-refractivity contribution in [2.24, 2.45) is 0 Å². The molecule has 0 aromatic carbocycles. The van der Waals surface area contributed by atoms with Gasteiger partial charge >= 0.3 is 0 Å². The third-order valence-electron chi connectivity index (χ3n) is 2.34. The standard InChI is InChI=1S/C12H19BrN2O2S/c1-8(15-18(16)12(2,3)4)10-6-9(13)11(17-5)7-14-10/h6-8,15H,1-5H3/t8-,18-/m1/s1. The summed E-state index contributed by atoms with van der Waals surface area (Å²) in [6, 6.07) is 1.78. The largest absolute Gasteiger partial charge is 0.494 e. The third kappa shape index (κ3) is 4.03. The van der Waals surface area contributed by atoms with Crippen LogP contribution in [0.3, 0.4) is 0 Å². The molecule has 0 aliphatic rings. The number of halogens is 1. The molecule has 0 unspecified atom stereocenters. The van der Waals surface area contributed by atoms with Crippen molar-refractivity contribution in [1.82, 2.24) is 9.71 Å². The van der Waals surface area contributed by atoms with E-state index in [1.807, 2.05) is 33.8 Å². The van der Waals surface area contributed by atoms with Crippen molar-refractivity contribution in [2.75, 3.05) is 7.11 Å². The average molecular weight is 335 g/mol. The zero-order valence-corrected chi connectivity index (χ0v) is 13.7. The van der Waals surface area contributed by atoms with Gasteiger partial charge in [-0.05, 0) is 49.7 Å². The highest BCUT2D eigenvalue weighted by molar-refractivity contribution is 9.10. The van der Waals surface area contributed by atoms with E-state index in [0.717, 1.165) is 10.2 Å². The lowest BCUT2D eigenvalue weighted by Crippen LogP contribution is -2.35. The lowest BCUT2D eigenvalue weighted by molar-refractivity contribution is 0.409. The Morgan fingerprint density at radius 3 is 2.56 bits per heavy atom. The summed E-state index contributed by atoms with van der Waals surface area (Å²) in [4.78, 5) is 4.29. The Bertz CT molecular complexity index is 446. The van der Waals surface area contributed by atoms with Crippen LogP contribution in [0.25, 0.3) is 0 Å². The summed E-state index contributed by atoms with van der Waals surface area (Å²) in [7, 11) is 0.477. The maximum Gasteiger partial charge on any atom is 0.151 e. The molecule has 0 spiro atoms. The van der Waals surface area contributed by atoms with E-state index in [0.29, 0.717) is 5.75 Å². The Labute approximate surface area is 119 Å². The molecule has 0 bridgehead atoms. The highest BCUT2D eigenvalue weighted by Crippen LogP contribution is 2.26. The van der Waals surface area contributed by atoms with Crippen LogP contribution in [0.5, 0.6) is 5.75 Å². The van der Waals surface area contributed by atoms with Crippen LogP contribution in [-0.4, -0.2) is 21.0 Å². The van der Waals surface area contributed by atoms with E-state index in [1.54, 1.807) is 13.3 Å². The van der Waals surface area contributed by atoms with Gasteiger partial charge in [0.2, 0.25) is 0 Å². The van der Waals surface area contributed by atoms with Gasteiger partial charge in [-0.25, -0.2) is 8.93 Å². The quantitative estimate of drug-likeness (QED) is 0.920. The molecule has 6 heteroatoms. The maximum absolute atomic E-state index is 12.0. The van der Waals surface area contributed by atoms with Gasteiger partial charge in [0.25, 0.3) is 0 Å². The van der Waals surface area contributed by atoms with Crippen molar-refractivity contribution in [1.29, 1.82) is 0 Å². The second-order valence-electron chi connectivity index (χ2n) is 4.96. The third-order valence-corrected chi connectivity index (χ3v) is 4.64. The summed E-state index contributed by atoms with van der Waals surface area (Å²) in [6.07, 6.45) is 1.65. The molecule has 0 saturated carbocycles. The molecule has 0 amide bonds. The number of nitrogens with one attached hydrogen (secondary N) is 1. The van der Waals surface area contributed by atoms with Gasteiger partial charge in [0.15, 0.2) is 5.75 Å². The number of hydrogen-bond acceptors (Lipinski definition) is 3. The molecule has 2 atom stereocenters. The van der Waals surface area contributed by atoms with Crippen LogP contribution in [0.2, 0.25) is 0 Å². The van der Waals surface area contributed by atoms with E-state index in [1.165, 1.54) is 0 Å². The molecular weight excluding hydrogens is 316 g/mol. The number of hydrogen-bond donors (Lipinski definition) is 1. The Kier molecular flexibility index (Phi) is 5.31. The lowest BCUT2D eigenvalue weighted by Gasteiger charge is -2.21. The second kappa shape index (κ2) is 6.12. The van der Waals surface area contributed by atoms with Gasteiger partial charge in [-0.3, -0.25) is 4.98 Å². The van der Waals surface area contributed by atoms with Crippen LogP contribution in [0.1, 0.15) is 39.4 Å². The maximum atomic E-state index is 12.0. The number of nitrogens with zero attached hydrogens (tertiary/aromatic N) is 1. The molecular formula is C12H19BrN2O2S. The second-order valence-corrected chi connectivity index (χ2v) is 7.82. The minimum atomic E-state index is -1.12. The van der Waals surface area contributed by atoms with Gasteiger partial charge in [0.05, 0.1) is 45.2 Å². The van der Waals surface area contributed by atoms with E-state index in [-0.39, 0.29) is 10.8 Å². The first-order chi connectivity index (χ1) is 8.25. The smallest absolute Gasteiger partial charge is 0.151 e. The van der Waals surface area contributed by atoms with Crippen LogP contribution in [-0.2, 0) is 11.0 Å². The van der Waals surface area contributed by atoms with Crippen molar-refractivity contribution >= 4 is 26.9 Å². The molecule has 0 saturated heterocycles. The highest BCUT2D eigenvalue weighted by atomic mass is 79.9. The summed E-state index contributed by atoms with van der Waals surface area (Å²) in [5.41, 5.74) is 0.820. The molecule has 0 fully saturated rings. The van der Waals surface area contributed by atoms with Gasteiger partial charge in [0.1, 0.15) is 0 Å². The van der Waals surface area contributed by atoms with E-state index in [4.69, 9.17) is 4.74 Å². The first kappa shape index (κ1) is 15.6. The fourth-order valence-electron chi connectivity index (χ4n) is 1.22. The van der Waals surface area contributed by atoms with Crippen molar-refractivity contribution in [3.05, 3.63) is 22.4 Å². The SMILES string of the molecule is COc1cnc([C@@H](C)N[S@](=O)C(C)(C)C)cc1Br. The van der Waals surface area contributed by atoms with Crippen LogP contribution < -0.4 is 9.46 Å². The van der Waals surface area contributed by atoms with E-state index in [9.17, 15) is 4.21 Å². The first-order valence-electron chi connectivity index (χ1n) is 5.63. The molecule has 1 N–H and O–H groups in total. The monoisotopic (exact) mass is 334 g/mol. The number of methoxy groups -OCH3 is 1. The average Bonchev–Trinajstić information content (AvgIpc) is 2.27. The Morgan fingerprint density at radius 2 is 2.11 bits per heavy atom. The zero-order chi connectivity index (χ0) is 13.9. The lowest BCUT2D eigenvalue weighted by atomic mass is 10.2. The molecule has 0 radical (unpaired) electrons. The normalized spacial score (nSPS) is 15.2. The Morgan fingerprint density at radius 1 is 1.50 bits per heavy atom. The molecule has 18 heavy (non-hydrogen) atoms. The van der Waals surface area contributed by atoms with Gasteiger partial charge in [-0.15, -0.1) is 0 Å². The van der Waals surface area contributed by atoms with Crippen molar-refractivity contribution in [3.63, 3.8) is 0 Å². The minimum absolute atomic E-state index is 0.0905. The number of pyridine rings is 1. The summed E-state index contributed by atoms with van der Waals surface area (Å²) in [5, 5.41) is 0. The van der Waals surface area contributed by atoms with Crippen molar-refractivity contribution in [2.45, 2.75) is 38.5 Å². The summed E-state index contributed by atoms with van der Waals surface area (Å²) < 4.78 is 20.7. The van der Waals surface area contributed by atoms with Crippen LogP contribution >= 0.6 is 15.9 Å². The van der Waals surface area contributed by atoms with Crippen LogP contribution in [0.15, 0.2) is 16.7 Å². The van der Waals surface area contributed by atoms with Crippen LogP contribution in [0.4, 0.5) is 0 Å². The Balaban J connectivity index is 2.82. The zero-order valence-electron chi connectivity index (χ0n) is 11.3. The molecule has 1 rings (SSSR count). The van der Waals surface area contributed by atoms with E-state index < -0.39 is 11.0 Å². The fourth-order valence-corrected chi connectivity index (χ4v) is 2.51. The van der Waals surface area contributed by atoms with Crippen molar-refractivity contribution in [3.8, 4) is 5.75 Å². The predicted molar refractivity (Wildman–Crippen MR) is 77.9 cm³/mol. The first-order valence-corrected chi connectivity index (χ1v) is 7.57. The van der Waals surface area contributed by atoms with Gasteiger partial charge < -0.3 is 4.74 Å². The molecule has 0 aliphatic carbocycles. The molecule has 4 nitrogen and oxygen atoms in total. The molecule has 1 aromatic heterocycles. The van der Waals surface area contributed by atoms with Crippen molar-refractivity contribution < 1.29 is 8.95 Å². The Hall–Kier alpha value is -0.460. The molecule has 1 heterocycles. The minimum Gasteiger partial charge on any atom is -0.494 e. The highest BCUT2D eigenvalue weighted by Gasteiger charge is 2.22. The topological polar surface area (TPSA) is 51.2 Å². The molecule has 0 aliphatic heterocycles. The number of aromatic nitrogens is 1. The number of rotatable bonds is 4. The summed E-state index contributed by atoms with van der Waals surface area (Å²) in [5.74, 6) is 0.683. The number of ether oxygens (including phenoxy) is 1. The van der Waals surface area contributed by atoms with Gasteiger partial charge in [0, 0.05) is 0 Å². The van der Waals surface area contributed by atoms with Crippen LogP contribution in [0, 0.1) is 0 Å². The summed E-state index contributed by atoms with van der Waals surface area (Å²) in [6.45, 7) is 7.73. The van der Waals surface area contributed by atoms with E-state index in [2.05, 4.69) is 25.6 Å². The van der Waals surface area contributed by atoms with Gasteiger partial charge in [-0.2, -0.15) is 0 Å². The molecule has 1 aromatic rings. The predicted octanol–water partition coefficient (Wildman–Crippen LogP) is 2.97. The van der Waals surface area contributed by atoms with Gasteiger partial charge in [-0.1, -0.05) is 0 Å². The summed E-state index contributed by atoms with van der Waals surface area (Å²) >= 11 is 3.41. The molecule has 102 valence electrons.